The van der Waals surface area contributed by atoms with Crippen molar-refractivity contribution in [3.63, 3.8) is 0 Å². The molecule has 0 bridgehead atoms. The fourth-order valence-electron chi connectivity index (χ4n) is 4.03. The van der Waals surface area contributed by atoms with E-state index in [2.05, 4.69) is 15.8 Å². The lowest BCUT2D eigenvalue weighted by molar-refractivity contribution is -0.144. The van der Waals surface area contributed by atoms with Crippen LogP contribution in [0.4, 0.5) is 4.39 Å². The summed E-state index contributed by atoms with van der Waals surface area (Å²) in [6.45, 7) is 0.726. The molecular formula is C21H24FN3O2. The minimum absolute atomic E-state index is 0.0294. The van der Waals surface area contributed by atoms with E-state index in [0.29, 0.717) is 17.7 Å². The number of nitrogens with zero attached hydrogens (tertiary/aromatic N) is 3. The van der Waals surface area contributed by atoms with Crippen LogP contribution in [0.3, 0.4) is 0 Å². The Kier molecular flexibility index (Phi) is 4.97. The van der Waals surface area contributed by atoms with Crippen molar-refractivity contribution >= 4 is 11.6 Å². The highest BCUT2D eigenvalue weighted by Crippen LogP contribution is 2.32. The smallest absolute Gasteiger partial charge is 0.267 e. The van der Waals surface area contributed by atoms with Gasteiger partial charge in [0.2, 0.25) is 6.10 Å². The number of oxime groups is 1. The minimum atomic E-state index is -0.635. The third kappa shape index (κ3) is 3.61. The molecule has 1 aromatic heterocycles. The van der Waals surface area contributed by atoms with Crippen LogP contribution in [-0.2, 0) is 16.7 Å². The van der Waals surface area contributed by atoms with Crippen LogP contribution in [0.15, 0.2) is 47.8 Å². The van der Waals surface area contributed by atoms with Gasteiger partial charge in [-0.1, -0.05) is 30.1 Å². The van der Waals surface area contributed by atoms with Crippen LogP contribution < -0.4 is 0 Å². The average molecular weight is 369 g/mol. The van der Waals surface area contributed by atoms with E-state index >= 15 is 0 Å². The predicted octanol–water partition coefficient (Wildman–Crippen LogP) is 3.80. The summed E-state index contributed by atoms with van der Waals surface area (Å²) in [6, 6.07) is 10.4. The van der Waals surface area contributed by atoms with Gasteiger partial charge in [-0.15, -0.1) is 0 Å². The molecule has 4 rings (SSSR count). The zero-order chi connectivity index (χ0) is 18.8. The second-order valence-corrected chi connectivity index (χ2v) is 7.29. The Hall–Kier alpha value is -2.63. The van der Waals surface area contributed by atoms with Crippen LogP contribution in [0.1, 0.15) is 49.4 Å². The second-order valence-electron chi connectivity index (χ2n) is 7.29. The van der Waals surface area contributed by atoms with Crippen molar-refractivity contribution in [2.24, 2.45) is 12.2 Å². The lowest BCUT2D eigenvalue weighted by atomic mass is 10.0. The molecule has 1 saturated heterocycles. The van der Waals surface area contributed by atoms with Crippen molar-refractivity contribution in [1.29, 1.82) is 0 Å². The van der Waals surface area contributed by atoms with E-state index in [0.717, 1.165) is 37.9 Å². The molecule has 2 aliphatic rings. The van der Waals surface area contributed by atoms with Gasteiger partial charge in [0, 0.05) is 37.5 Å². The first-order valence-electron chi connectivity index (χ1n) is 9.54. The summed E-state index contributed by atoms with van der Waals surface area (Å²) >= 11 is 0. The van der Waals surface area contributed by atoms with Gasteiger partial charge in [-0.3, -0.25) is 4.79 Å². The number of carbonyl (C=O) groups excluding carboxylic acids is 1. The monoisotopic (exact) mass is 369 g/mol. The number of amides is 1. The van der Waals surface area contributed by atoms with E-state index in [9.17, 15) is 9.18 Å². The van der Waals surface area contributed by atoms with Crippen molar-refractivity contribution in [3.05, 3.63) is 59.7 Å². The highest BCUT2D eigenvalue weighted by molar-refractivity contribution is 6.04. The van der Waals surface area contributed by atoms with E-state index in [1.54, 1.807) is 12.1 Å². The molecule has 0 spiro atoms. The molecule has 6 heteroatoms. The molecule has 3 heterocycles. The standard InChI is InChI=1S/C21H24FN3O2/c1-24-11-6-10-18(24)19-9-3-2-4-12-25(19)21(26)20-14-17(23-27-20)15-7-5-8-16(22)13-15/h5-8,10-11,13,19-20H,2-4,9,12,14H2,1H3/t19-,20-/m0/s1. The van der Waals surface area contributed by atoms with E-state index in [1.165, 1.54) is 12.1 Å². The van der Waals surface area contributed by atoms with Crippen LogP contribution in [-0.4, -0.2) is 33.7 Å². The summed E-state index contributed by atoms with van der Waals surface area (Å²) in [4.78, 5) is 20.7. The number of halogens is 1. The number of hydrogen-bond donors (Lipinski definition) is 0. The topological polar surface area (TPSA) is 46.8 Å². The second kappa shape index (κ2) is 7.55. The lowest BCUT2D eigenvalue weighted by Gasteiger charge is -2.31. The number of rotatable bonds is 3. The van der Waals surface area contributed by atoms with Crippen LogP contribution in [0.25, 0.3) is 0 Å². The van der Waals surface area contributed by atoms with Gasteiger partial charge in [0.15, 0.2) is 0 Å². The Bertz CT molecular complexity index is 861. The molecule has 1 fully saturated rings. The Morgan fingerprint density at radius 3 is 2.89 bits per heavy atom. The molecule has 0 radical (unpaired) electrons. The summed E-state index contributed by atoms with van der Waals surface area (Å²) in [7, 11) is 2.01. The molecule has 0 saturated carbocycles. The van der Waals surface area contributed by atoms with Crippen molar-refractivity contribution < 1.29 is 14.0 Å². The fourth-order valence-corrected chi connectivity index (χ4v) is 4.03. The number of hydrogen-bond acceptors (Lipinski definition) is 3. The maximum Gasteiger partial charge on any atom is 0.267 e. The Balaban J connectivity index is 1.52. The van der Waals surface area contributed by atoms with Gasteiger partial charge in [-0.05, 0) is 37.1 Å². The van der Waals surface area contributed by atoms with Gasteiger partial charge in [0.05, 0.1) is 11.8 Å². The third-order valence-corrected chi connectivity index (χ3v) is 5.46. The number of benzene rings is 1. The summed E-state index contributed by atoms with van der Waals surface area (Å²) in [5.74, 6) is -0.348. The summed E-state index contributed by atoms with van der Waals surface area (Å²) < 4.78 is 15.6. The predicted molar refractivity (Wildman–Crippen MR) is 101 cm³/mol. The fraction of sp³-hybridized carbons (Fsp3) is 0.429. The van der Waals surface area contributed by atoms with Crippen molar-refractivity contribution in [3.8, 4) is 0 Å². The zero-order valence-corrected chi connectivity index (χ0v) is 15.5. The largest absolute Gasteiger partial charge is 0.382 e. The van der Waals surface area contributed by atoms with Crippen LogP contribution in [0.5, 0.6) is 0 Å². The zero-order valence-electron chi connectivity index (χ0n) is 15.5. The molecule has 2 aromatic rings. The third-order valence-electron chi connectivity index (χ3n) is 5.46. The summed E-state index contributed by atoms with van der Waals surface area (Å²) in [6.07, 6.45) is 5.94. The Morgan fingerprint density at radius 2 is 2.11 bits per heavy atom. The van der Waals surface area contributed by atoms with E-state index in [-0.39, 0.29) is 17.8 Å². The average Bonchev–Trinajstić information content (AvgIpc) is 3.25. The first kappa shape index (κ1) is 17.8. The van der Waals surface area contributed by atoms with Crippen LogP contribution in [0, 0.1) is 5.82 Å². The number of carbonyl (C=O) groups is 1. The molecule has 1 amide bonds. The van der Waals surface area contributed by atoms with Crippen molar-refractivity contribution in [2.75, 3.05) is 6.54 Å². The Morgan fingerprint density at radius 1 is 1.22 bits per heavy atom. The molecular weight excluding hydrogens is 345 g/mol. The van der Waals surface area contributed by atoms with E-state index in [1.807, 2.05) is 24.2 Å². The van der Waals surface area contributed by atoms with Crippen LogP contribution >= 0.6 is 0 Å². The summed E-state index contributed by atoms with van der Waals surface area (Å²) in [5, 5.41) is 4.07. The van der Waals surface area contributed by atoms with Gasteiger partial charge in [-0.2, -0.15) is 0 Å². The molecule has 2 aliphatic heterocycles. The number of likely N-dealkylation sites (tertiary alicyclic amines) is 1. The normalized spacial score (nSPS) is 22.9. The molecule has 27 heavy (non-hydrogen) atoms. The molecule has 2 atom stereocenters. The molecule has 142 valence electrons. The van der Waals surface area contributed by atoms with Crippen molar-refractivity contribution in [1.82, 2.24) is 9.47 Å². The lowest BCUT2D eigenvalue weighted by Crippen LogP contribution is -2.42. The molecule has 0 N–H and O–H groups in total. The highest BCUT2D eigenvalue weighted by atomic mass is 19.1. The molecule has 0 unspecified atom stereocenters. The Labute approximate surface area is 158 Å². The van der Waals surface area contributed by atoms with Gasteiger partial charge >= 0.3 is 0 Å². The quantitative estimate of drug-likeness (QED) is 0.826. The maximum absolute atomic E-state index is 13.5. The van der Waals surface area contributed by atoms with Crippen molar-refractivity contribution in [2.45, 2.75) is 44.2 Å². The maximum atomic E-state index is 13.5. The summed E-state index contributed by atoms with van der Waals surface area (Å²) in [5.41, 5.74) is 2.44. The first-order chi connectivity index (χ1) is 13.1. The van der Waals surface area contributed by atoms with Gasteiger partial charge in [0.25, 0.3) is 5.91 Å². The van der Waals surface area contributed by atoms with Crippen LogP contribution in [0.2, 0.25) is 0 Å². The number of aryl methyl sites for hydroxylation is 1. The van der Waals surface area contributed by atoms with Gasteiger partial charge in [-0.25, -0.2) is 4.39 Å². The number of aromatic nitrogens is 1. The van der Waals surface area contributed by atoms with Gasteiger partial charge < -0.3 is 14.3 Å². The highest BCUT2D eigenvalue weighted by Gasteiger charge is 2.37. The SMILES string of the molecule is Cn1cccc1[C@@H]1CCCCCN1C(=O)[C@@H]1CC(c2cccc(F)c2)=NO1. The first-order valence-corrected chi connectivity index (χ1v) is 9.54. The van der Waals surface area contributed by atoms with E-state index in [4.69, 9.17) is 4.84 Å². The minimum Gasteiger partial charge on any atom is -0.382 e. The molecule has 1 aromatic carbocycles. The van der Waals surface area contributed by atoms with Gasteiger partial charge in [0.1, 0.15) is 5.82 Å². The van der Waals surface area contributed by atoms with E-state index < -0.39 is 6.10 Å². The molecule has 0 aliphatic carbocycles. The molecule has 5 nitrogen and oxygen atoms in total.